The number of hydrogen-bond acceptors (Lipinski definition) is 2. The molecule has 2 amide bonds. The van der Waals surface area contributed by atoms with E-state index < -0.39 is 6.23 Å². The number of rotatable bonds is 4. The number of aliphatic hydroxyl groups excluding tert-OH is 1. The van der Waals surface area contributed by atoms with E-state index in [1.165, 1.54) is 64.2 Å². The summed E-state index contributed by atoms with van der Waals surface area (Å²) in [6, 6.07) is 0.0931. The molecule has 0 aromatic heterocycles. The van der Waals surface area contributed by atoms with E-state index in [-0.39, 0.29) is 6.03 Å². The van der Waals surface area contributed by atoms with Crippen molar-refractivity contribution in [2.75, 3.05) is 0 Å². The number of carbonyl (C=O) groups is 1. The van der Waals surface area contributed by atoms with Gasteiger partial charge in [0.2, 0.25) is 0 Å². The van der Waals surface area contributed by atoms with Crippen LogP contribution in [-0.2, 0) is 0 Å². The molecule has 4 heteroatoms. The van der Waals surface area contributed by atoms with Crippen LogP contribution in [0.2, 0.25) is 0 Å². The Labute approximate surface area is 122 Å². The molecule has 1 unspecified atom stereocenters. The smallest absolute Gasteiger partial charge is 0.317 e. The molecule has 2 fully saturated rings. The van der Waals surface area contributed by atoms with E-state index in [1.807, 2.05) is 0 Å². The molecule has 2 aliphatic carbocycles. The van der Waals surface area contributed by atoms with E-state index in [2.05, 4.69) is 10.6 Å². The molecule has 0 aromatic rings. The Bertz CT molecular complexity index is 277. The second-order valence-corrected chi connectivity index (χ2v) is 6.62. The first-order valence-corrected chi connectivity index (χ1v) is 8.42. The number of urea groups is 1. The molecule has 0 aromatic carbocycles. The number of amides is 2. The quantitative estimate of drug-likeness (QED) is 0.694. The van der Waals surface area contributed by atoms with Crippen LogP contribution in [-0.4, -0.2) is 23.4 Å². The molecule has 0 spiro atoms. The molecule has 2 saturated carbocycles. The highest BCUT2D eigenvalue weighted by molar-refractivity contribution is 5.74. The zero-order chi connectivity index (χ0) is 14.4. The minimum atomic E-state index is -0.784. The molecule has 3 N–H and O–H groups in total. The highest BCUT2D eigenvalue weighted by atomic mass is 16.3. The van der Waals surface area contributed by atoms with Gasteiger partial charge >= 0.3 is 6.03 Å². The van der Waals surface area contributed by atoms with Crippen LogP contribution in [0, 0.1) is 11.8 Å². The van der Waals surface area contributed by atoms with E-state index in [9.17, 15) is 9.90 Å². The van der Waals surface area contributed by atoms with E-state index >= 15 is 0 Å². The molecule has 116 valence electrons. The summed E-state index contributed by atoms with van der Waals surface area (Å²) >= 11 is 0. The van der Waals surface area contributed by atoms with Gasteiger partial charge in [-0.05, 0) is 44.4 Å². The largest absolute Gasteiger partial charge is 0.374 e. The molecule has 20 heavy (non-hydrogen) atoms. The Morgan fingerprint density at radius 3 is 1.75 bits per heavy atom. The van der Waals surface area contributed by atoms with Crippen LogP contribution in [0.25, 0.3) is 0 Å². The first-order valence-electron chi connectivity index (χ1n) is 8.42. The Morgan fingerprint density at radius 1 is 0.900 bits per heavy atom. The monoisotopic (exact) mass is 282 g/mol. The molecule has 0 saturated heterocycles. The third-order valence-corrected chi connectivity index (χ3v) is 4.95. The number of aliphatic hydroxyl groups is 1. The highest BCUT2D eigenvalue weighted by Crippen LogP contribution is 2.35. The van der Waals surface area contributed by atoms with Gasteiger partial charge in [0.15, 0.2) is 0 Å². The van der Waals surface area contributed by atoms with Crippen LogP contribution in [0.15, 0.2) is 0 Å². The molecular weight excluding hydrogens is 252 g/mol. The van der Waals surface area contributed by atoms with E-state index in [4.69, 9.17) is 0 Å². The lowest BCUT2D eigenvalue weighted by Crippen LogP contribution is -2.51. The second kappa shape index (κ2) is 7.87. The fourth-order valence-corrected chi connectivity index (χ4v) is 3.99. The molecule has 0 heterocycles. The Balaban J connectivity index is 1.96. The lowest BCUT2D eigenvalue weighted by Gasteiger charge is -2.38. The zero-order valence-electron chi connectivity index (χ0n) is 12.7. The first-order chi connectivity index (χ1) is 9.66. The third-order valence-electron chi connectivity index (χ3n) is 4.95. The number of carbonyl (C=O) groups excluding carboxylic acids is 1. The fourth-order valence-electron chi connectivity index (χ4n) is 3.99. The van der Waals surface area contributed by atoms with Crippen molar-refractivity contribution in [3.63, 3.8) is 0 Å². The number of hydrogen-bond donors (Lipinski definition) is 3. The number of nitrogens with one attached hydrogen (secondary N) is 2. The van der Waals surface area contributed by atoms with Gasteiger partial charge in [0.25, 0.3) is 0 Å². The van der Waals surface area contributed by atoms with Crippen molar-refractivity contribution < 1.29 is 9.90 Å². The summed E-state index contributed by atoms with van der Waals surface area (Å²) in [6.07, 6.45) is 12.1. The molecular formula is C16H30N2O2. The predicted molar refractivity (Wildman–Crippen MR) is 80.3 cm³/mol. The first kappa shape index (κ1) is 15.6. The van der Waals surface area contributed by atoms with Gasteiger partial charge in [-0.3, -0.25) is 0 Å². The van der Waals surface area contributed by atoms with Crippen molar-refractivity contribution in [2.24, 2.45) is 11.8 Å². The van der Waals surface area contributed by atoms with Crippen molar-refractivity contribution in [1.29, 1.82) is 0 Å². The Kier molecular flexibility index (Phi) is 6.14. The average molecular weight is 282 g/mol. The molecule has 2 rings (SSSR count). The lowest BCUT2D eigenvalue weighted by atomic mass is 9.74. The summed E-state index contributed by atoms with van der Waals surface area (Å²) in [7, 11) is 0. The SMILES string of the molecule is CC(O)NC(=O)NC(C1CCCCC1)C1CCCCC1. The van der Waals surface area contributed by atoms with Gasteiger partial charge in [-0.15, -0.1) is 0 Å². The second-order valence-electron chi connectivity index (χ2n) is 6.62. The van der Waals surface area contributed by atoms with Gasteiger partial charge in [-0.1, -0.05) is 38.5 Å². The molecule has 0 radical (unpaired) electrons. The van der Waals surface area contributed by atoms with Crippen LogP contribution in [0.4, 0.5) is 4.79 Å². The summed E-state index contributed by atoms with van der Waals surface area (Å²) in [4.78, 5) is 12.0. The molecule has 1 atom stereocenters. The Morgan fingerprint density at radius 2 is 1.35 bits per heavy atom. The van der Waals surface area contributed by atoms with Gasteiger partial charge in [0.1, 0.15) is 6.23 Å². The highest BCUT2D eigenvalue weighted by Gasteiger charge is 2.32. The van der Waals surface area contributed by atoms with Gasteiger partial charge in [-0.25, -0.2) is 4.79 Å². The summed E-state index contributed by atoms with van der Waals surface area (Å²) < 4.78 is 0. The molecule has 4 nitrogen and oxygen atoms in total. The van der Waals surface area contributed by atoms with Gasteiger partial charge in [0.05, 0.1) is 0 Å². The molecule has 0 bridgehead atoms. The van der Waals surface area contributed by atoms with Crippen molar-refractivity contribution in [1.82, 2.24) is 10.6 Å². The predicted octanol–water partition coefficient (Wildman–Crippen LogP) is 3.15. The van der Waals surface area contributed by atoms with Crippen LogP contribution in [0.1, 0.15) is 71.1 Å². The van der Waals surface area contributed by atoms with Crippen LogP contribution in [0.5, 0.6) is 0 Å². The van der Waals surface area contributed by atoms with Crippen molar-refractivity contribution >= 4 is 6.03 Å². The summed E-state index contributed by atoms with van der Waals surface area (Å²) in [5, 5.41) is 15.0. The Hall–Kier alpha value is -0.770. The fraction of sp³-hybridized carbons (Fsp3) is 0.938. The maximum atomic E-state index is 12.0. The van der Waals surface area contributed by atoms with Crippen molar-refractivity contribution in [2.45, 2.75) is 83.4 Å². The van der Waals surface area contributed by atoms with E-state index in [1.54, 1.807) is 6.92 Å². The van der Waals surface area contributed by atoms with Crippen LogP contribution >= 0.6 is 0 Å². The van der Waals surface area contributed by atoms with Crippen LogP contribution in [0.3, 0.4) is 0 Å². The summed E-state index contributed by atoms with van der Waals surface area (Å²) in [6.45, 7) is 1.58. The zero-order valence-corrected chi connectivity index (χ0v) is 12.7. The minimum absolute atomic E-state index is 0.207. The van der Waals surface area contributed by atoms with E-state index in [0.717, 1.165) is 0 Å². The third kappa shape index (κ3) is 4.65. The topological polar surface area (TPSA) is 61.4 Å². The summed E-state index contributed by atoms with van der Waals surface area (Å²) in [5.41, 5.74) is 0. The normalized spacial score (nSPS) is 23.6. The molecule has 0 aliphatic heterocycles. The lowest BCUT2D eigenvalue weighted by molar-refractivity contribution is 0.141. The maximum absolute atomic E-state index is 12.0. The summed E-state index contributed by atoms with van der Waals surface area (Å²) in [5.74, 6) is 1.26. The van der Waals surface area contributed by atoms with Gasteiger partial charge in [-0.2, -0.15) is 0 Å². The molecule has 2 aliphatic rings. The van der Waals surface area contributed by atoms with Crippen molar-refractivity contribution in [3.05, 3.63) is 0 Å². The maximum Gasteiger partial charge on any atom is 0.317 e. The average Bonchev–Trinajstić information content (AvgIpc) is 2.46. The van der Waals surface area contributed by atoms with Gasteiger partial charge < -0.3 is 15.7 Å². The van der Waals surface area contributed by atoms with E-state index in [0.29, 0.717) is 17.9 Å². The standard InChI is InChI=1S/C16H30N2O2/c1-12(19)17-16(20)18-15(13-8-4-2-5-9-13)14-10-6-3-7-11-14/h12-15,19H,2-11H2,1H3,(H2,17,18,20). The van der Waals surface area contributed by atoms with Crippen molar-refractivity contribution in [3.8, 4) is 0 Å². The van der Waals surface area contributed by atoms with Gasteiger partial charge in [0, 0.05) is 6.04 Å². The minimum Gasteiger partial charge on any atom is -0.374 e. The van der Waals surface area contributed by atoms with Crippen LogP contribution < -0.4 is 10.6 Å².